The number of aromatic hydroxyl groups is 1. The van der Waals surface area contributed by atoms with Gasteiger partial charge >= 0.3 is 0 Å². The first-order valence-electron chi connectivity index (χ1n) is 4.39. The van der Waals surface area contributed by atoms with Gasteiger partial charge in [0.25, 0.3) is 0 Å². The second-order valence-corrected chi connectivity index (χ2v) is 4.75. The molecule has 6 heteroatoms. The van der Waals surface area contributed by atoms with Crippen molar-refractivity contribution in [3.63, 3.8) is 0 Å². The topological polar surface area (TPSA) is 75.4 Å². The lowest BCUT2D eigenvalue weighted by Gasteiger charge is -2.18. The second-order valence-electron chi connectivity index (χ2n) is 3.84. The number of carbonyl (C=O) groups excluding carboxylic acids is 1. The lowest BCUT2D eigenvalue weighted by Crippen LogP contribution is -2.45. The number of rotatable bonds is 2. The largest absolute Gasteiger partial charge is 0.506 e. The minimum absolute atomic E-state index is 0. The van der Waals surface area contributed by atoms with Gasteiger partial charge in [-0.05, 0) is 32.0 Å². The maximum atomic E-state index is 11.5. The van der Waals surface area contributed by atoms with Gasteiger partial charge in [0, 0.05) is 4.47 Å². The van der Waals surface area contributed by atoms with E-state index in [9.17, 15) is 9.90 Å². The van der Waals surface area contributed by atoms with Crippen LogP contribution >= 0.6 is 28.3 Å². The average molecular weight is 310 g/mol. The summed E-state index contributed by atoms with van der Waals surface area (Å²) in [6.45, 7) is 3.19. The molecule has 90 valence electrons. The molecule has 16 heavy (non-hydrogen) atoms. The fraction of sp³-hybridized carbons (Fsp3) is 0.300. The van der Waals surface area contributed by atoms with E-state index in [1.807, 2.05) is 0 Å². The quantitative estimate of drug-likeness (QED) is 0.734. The molecule has 0 aliphatic rings. The Morgan fingerprint density at radius 2 is 2.06 bits per heavy atom. The highest BCUT2D eigenvalue weighted by atomic mass is 79.9. The van der Waals surface area contributed by atoms with Crippen LogP contribution in [0.1, 0.15) is 13.8 Å². The van der Waals surface area contributed by atoms with Crippen LogP contribution in [0.25, 0.3) is 0 Å². The van der Waals surface area contributed by atoms with Gasteiger partial charge in [-0.15, -0.1) is 12.4 Å². The van der Waals surface area contributed by atoms with E-state index in [0.717, 1.165) is 4.47 Å². The molecule has 0 saturated carbocycles. The number of carbonyl (C=O) groups is 1. The standard InChI is InChI=1S/C10H13BrN2O2.ClH/c1-10(2,12)9(15)13-7-5-6(11)3-4-8(7)14;/h3-5,14H,12H2,1-2H3,(H,13,15);1H. The third-order valence-electron chi connectivity index (χ3n) is 1.79. The lowest BCUT2D eigenvalue weighted by atomic mass is 10.1. The number of nitrogens with two attached hydrogens (primary N) is 1. The predicted octanol–water partition coefficient (Wildman–Crippen LogP) is 2.25. The Hall–Kier alpha value is -0.780. The number of phenols is 1. The van der Waals surface area contributed by atoms with Crippen molar-refractivity contribution in [2.24, 2.45) is 5.73 Å². The van der Waals surface area contributed by atoms with Crippen LogP contribution in [0.5, 0.6) is 5.75 Å². The van der Waals surface area contributed by atoms with Crippen LogP contribution in [0.3, 0.4) is 0 Å². The molecule has 0 unspecified atom stereocenters. The van der Waals surface area contributed by atoms with Crippen LogP contribution in [0.2, 0.25) is 0 Å². The van der Waals surface area contributed by atoms with Gasteiger partial charge in [0.15, 0.2) is 0 Å². The summed E-state index contributed by atoms with van der Waals surface area (Å²) in [6.07, 6.45) is 0. The second kappa shape index (κ2) is 5.52. The molecule has 0 spiro atoms. The van der Waals surface area contributed by atoms with Crippen LogP contribution in [-0.4, -0.2) is 16.6 Å². The summed E-state index contributed by atoms with van der Waals surface area (Å²) >= 11 is 3.24. The summed E-state index contributed by atoms with van der Waals surface area (Å²) in [7, 11) is 0. The van der Waals surface area contributed by atoms with E-state index in [2.05, 4.69) is 21.2 Å². The number of nitrogens with one attached hydrogen (secondary N) is 1. The van der Waals surface area contributed by atoms with Gasteiger partial charge in [0.05, 0.1) is 11.2 Å². The molecule has 0 aliphatic carbocycles. The van der Waals surface area contributed by atoms with E-state index in [4.69, 9.17) is 5.73 Å². The van der Waals surface area contributed by atoms with Crippen LogP contribution < -0.4 is 11.1 Å². The third kappa shape index (κ3) is 4.00. The van der Waals surface area contributed by atoms with Gasteiger partial charge in [0.2, 0.25) is 5.91 Å². The molecule has 1 aromatic rings. The molecule has 0 aromatic heterocycles. The van der Waals surface area contributed by atoms with Crippen molar-refractivity contribution < 1.29 is 9.90 Å². The maximum Gasteiger partial charge on any atom is 0.243 e. The summed E-state index contributed by atoms with van der Waals surface area (Å²) in [5, 5.41) is 12.0. The van der Waals surface area contributed by atoms with Crippen LogP contribution in [0.15, 0.2) is 22.7 Å². The highest BCUT2D eigenvalue weighted by molar-refractivity contribution is 9.10. The third-order valence-corrected chi connectivity index (χ3v) is 2.29. The van der Waals surface area contributed by atoms with Crippen LogP contribution in [0.4, 0.5) is 5.69 Å². The molecular formula is C10H14BrClN2O2. The Balaban J connectivity index is 0.00000225. The summed E-state index contributed by atoms with van der Waals surface area (Å²) in [5.41, 5.74) is 4.97. The monoisotopic (exact) mass is 308 g/mol. The van der Waals surface area contributed by atoms with E-state index in [1.165, 1.54) is 6.07 Å². The van der Waals surface area contributed by atoms with E-state index in [1.54, 1.807) is 26.0 Å². The van der Waals surface area contributed by atoms with Crippen molar-refractivity contribution in [1.82, 2.24) is 0 Å². The number of hydrogen-bond acceptors (Lipinski definition) is 3. The number of hydrogen-bond donors (Lipinski definition) is 3. The minimum atomic E-state index is -0.977. The van der Waals surface area contributed by atoms with Crippen molar-refractivity contribution in [2.45, 2.75) is 19.4 Å². The smallest absolute Gasteiger partial charge is 0.243 e. The van der Waals surface area contributed by atoms with E-state index in [-0.39, 0.29) is 24.1 Å². The average Bonchev–Trinajstić information content (AvgIpc) is 2.09. The minimum Gasteiger partial charge on any atom is -0.506 e. The van der Waals surface area contributed by atoms with Gasteiger partial charge in [-0.3, -0.25) is 4.79 Å². The molecular weight excluding hydrogens is 295 g/mol. The van der Waals surface area contributed by atoms with Gasteiger partial charge in [0.1, 0.15) is 5.75 Å². The number of amides is 1. The molecule has 0 saturated heterocycles. The van der Waals surface area contributed by atoms with Crippen molar-refractivity contribution in [2.75, 3.05) is 5.32 Å². The fourth-order valence-electron chi connectivity index (χ4n) is 0.892. The van der Waals surface area contributed by atoms with Gasteiger partial charge in [-0.1, -0.05) is 15.9 Å². The molecule has 0 heterocycles. The lowest BCUT2D eigenvalue weighted by molar-refractivity contribution is -0.120. The SMILES string of the molecule is CC(C)(N)C(=O)Nc1cc(Br)ccc1O.Cl. The number of benzene rings is 1. The maximum absolute atomic E-state index is 11.5. The number of phenolic OH excluding ortho intramolecular Hbond substituents is 1. The zero-order valence-corrected chi connectivity index (χ0v) is 11.4. The van der Waals surface area contributed by atoms with Crippen molar-refractivity contribution in [3.8, 4) is 5.75 Å². The van der Waals surface area contributed by atoms with Crippen LogP contribution in [-0.2, 0) is 4.79 Å². The summed E-state index contributed by atoms with van der Waals surface area (Å²) in [4.78, 5) is 11.5. The van der Waals surface area contributed by atoms with Crippen molar-refractivity contribution in [3.05, 3.63) is 22.7 Å². The zero-order chi connectivity index (χ0) is 11.6. The van der Waals surface area contributed by atoms with Crippen molar-refractivity contribution >= 4 is 39.9 Å². The van der Waals surface area contributed by atoms with E-state index >= 15 is 0 Å². The van der Waals surface area contributed by atoms with E-state index < -0.39 is 5.54 Å². The Labute approximate surface area is 109 Å². The summed E-state index contributed by atoms with van der Waals surface area (Å²) in [6, 6.07) is 4.78. The molecule has 0 fully saturated rings. The van der Waals surface area contributed by atoms with E-state index in [0.29, 0.717) is 5.69 Å². The van der Waals surface area contributed by atoms with Crippen molar-refractivity contribution in [1.29, 1.82) is 0 Å². The van der Waals surface area contributed by atoms with Gasteiger partial charge in [-0.2, -0.15) is 0 Å². The molecule has 1 amide bonds. The highest BCUT2D eigenvalue weighted by Crippen LogP contribution is 2.27. The van der Waals surface area contributed by atoms with Crippen LogP contribution in [0, 0.1) is 0 Å². The molecule has 0 aliphatic heterocycles. The molecule has 4 nitrogen and oxygen atoms in total. The Kier molecular flexibility index (Phi) is 5.25. The Bertz CT molecular complexity index is 391. The fourth-order valence-corrected chi connectivity index (χ4v) is 1.25. The molecule has 1 aromatic carbocycles. The summed E-state index contributed by atoms with van der Waals surface area (Å²) in [5.74, 6) is -0.341. The van der Waals surface area contributed by atoms with Gasteiger partial charge < -0.3 is 16.2 Å². The number of halogens is 2. The highest BCUT2D eigenvalue weighted by Gasteiger charge is 2.22. The normalized spacial score (nSPS) is 10.5. The molecule has 1 rings (SSSR count). The molecule has 0 atom stereocenters. The molecule has 0 bridgehead atoms. The number of anilines is 1. The zero-order valence-electron chi connectivity index (χ0n) is 8.95. The first kappa shape index (κ1) is 15.2. The van der Waals surface area contributed by atoms with Gasteiger partial charge in [-0.25, -0.2) is 0 Å². The Morgan fingerprint density at radius 1 is 1.50 bits per heavy atom. The predicted molar refractivity (Wildman–Crippen MR) is 70.0 cm³/mol. The Morgan fingerprint density at radius 3 is 2.56 bits per heavy atom. The first-order valence-corrected chi connectivity index (χ1v) is 5.19. The summed E-state index contributed by atoms with van der Waals surface area (Å²) < 4.78 is 0.769. The molecule has 4 N–H and O–H groups in total. The molecule has 0 radical (unpaired) electrons. The first-order chi connectivity index (χ1) is 6.80.